The molecule has 1 heterocycles. The summed E-state index contributed by atoms with van der Waals surface area (Å²) < 4.78 is 4.69. The molecule has 0 bridgehead atoms. The zero-order valence-corrected chi connectivity index (χ0v) is 15.5. The maximum absolute atomic E-state index is 2.38. The van der Waals surface area contributed by atoms with Gasteiger partial charge in [-0.1, -0.05) is 66.7 Å². The Kier molecular flexibility index (Phi) is 4.18. The number of hydrogen-bond donors (Lipinski definition) is 0. The van der Waals surface area contributed by atoms with E-state index in [0.29, 0.717) is 0 Å². The summed E-state index contributed by atoms with van der Waals surface area (Å²) in [6.07, 6.45) is 0. The third-order valence-corrected chi connectivity index (χ3v) is 4.98. The van der Waals surface area contributed by atoms with Crippen molar-refractivity contribution in [3.63, 3.8) is 0 Å². The summed E-state index contributed by atoms with van der Waals surface area (Å²) in [7, 11) is 2.16. The molecule has 4 rings (SSSR count). The molecule has 4 aromatic rings. The molecule has 0 unspecified atom stereocenters. The number of aryl methyl sites for hydroxylation is 1. The van der Waals surface area contributed by atoms with Gasteiger partial charge < -0.3 is 0 Å². The molecular weight excluding hydrogens is 316 g/mol. The topological polar surface area (TPSA) is 8.81 Å². The average Bonchev–Trinajstić information content (AvgIpc) is 2.94. The summed E-state index contributed by atoms with van der Waals surface area (Å²) in [6, 6.07) is 29.8. The highest BCUT2D eigenvalue weighted by molar-refractivity contribution is 5.66. The summed E-state index contributed by atoms with van der Waals surface area (Å²) in [4.78, 5) is 0. The van der Waals surface area contributed by atoms with Crippen molar-refractivity contribution >= 4 is 0 Å². The molecule has 2 heteroatoms. The Balaban J connectivity index is 2.09. The summed E-state index contributed by atoms with van der Waals surface area (Å²) in [5, 5.41) is 0. The highest BCUT2D eigenvalue weighted by Gasteiger charge is 2.29. The smallest absolute Gasteiger partial charge is 0.225 e. The molecule has 1 aromatic heterocycles. The second kappa shape index (κ2) is 6.64. The monoisotopic (exact) mass is 339 g/mol. The standard InChI is InChI=1S/C24H23N2/c1-18-12-10-11-17-22(18)26-19(2)23(20-13-6-4-7-14-20)25(3)24(26)21-15-8-5-9-16-21/h4-17H,1-3H3/q+1. The quantitative estimate of drug-likeness (QED) is 0.451. The van der Waals surface area contributed by atoms with Gasteiger partial charge in [-0.05, 0) is 30.7 Å². The third-order valence-electron chi connectivity index (χ3n) is 4.98. The number of imidazole rings is 1. The van der Waals surface area contributed by atoms with Crippen LogP contribution in [-0.4, -0.2) is 4.57 Å². The van der Waals surface area contributed by atoms with Crippen LogP contribution >= 0.6 is 0 Å². The Hall–Kier alpha value is -3.13. The van der Waals surface area contributed by atoms with Crippen LogP contribution in [0, 0.1) is 13.8 Å². The number of aromatic nitrogens is 2. The fourth-order valence-electron chi connectivity index (χ4n) is 3.78. The Labute approximate surface area is 155 Å². The highest BCUT2D eigenvalue weighted by atomic mass is 15.2. The Morgan fingerprint density at radius 1 is 0.654 bits per heavy atom. The van der Waals surface area contributed by atoms with Crippen LogP contribution < -0.4 is 4.57 Å². The summed E-state index contributed by atoms with van der Waals surface area (Å²) in [6.45, 7) is 4.38. The van der Waals surface area contributed by atoms with Crippen LogP contribution in [0.4, 0.5) is 0 Å². The third kappa shape index (κ3) is 2.64. The van der Waals surface area contributed by atoms with Crippen molar-refractivity contribution in [3.05, 3.63) is 96.2 Å². The Morgan fingerprint density at radius 2 is 1.19 bits per heavy atom. The van der Waals surface area contributed by atoms with Gasteiger partial charge in [-0.2, -0.15) is 4.57 Å². The predicted octanol–water partition coefficient (Wildman–Crippen LogP) is 5.25. The number of benzene rings is 3. The first kappa shape index (κ1) is 16.3. The van der Waals surface area contributed by atoms with Gasteiger partial charge in [0.15, 0.2) is 11.4 Å². The van der Waals surface area contributed by atoms with Crippen LogP contribution in [0.15, 0.2) is 84.9 Å². The van der Waals surface area contributed by atoms with E-state index in [-0.39, 0.29) is 0 Å². The summed E-state index contributed by atoms with van der Waals surface area (Å²) >= 11 is 0. The van der Waals surface area contributed by atoms with Crippen LogP contribution in [-0.2, 0) is 7.05 Å². The van der Waals surface area contributed by atoms with Crippen molar-refractivity contribution in [3.8, 4) is 28.3 Å². The van der Waals surface area contributed by atoms with E-state index in [1.165, 1.54) is 39.6 Å². The fraction of sp³-hybridized carbons (Fsp3) is 0.125. The lowest BCUT2D eigenvalue weighted by Crippen LogP contribution is -2.32. The van der Waals surface area contributed by atoms with Gasteiger partial charge in [0.05, 0.1) is 12.6 Å². The number of rotatable bonds is 3. The zero-order valence-electron chi connectivity index (χ0n) is 15.5. The molecule has 0 aliphatic rings. The zero-order chi connectivity index (χ0) is 18.1. The molecule has 0 aliphatic heterocycles. The molecule has 0 amide bonds. The largest absolute Gasteiger partial charge is 0.294 e. The molecule has 0 N–H and O–H groups in total. The van der Waals surface area contributed by atoms with Crippen LogP contribution in [0.25, 0.3) is 28.3 Å². The lowest BCUT2D eigenvalue weighted by molar-refractivity contribution is -0.648. The molecule has 128 valence electrons. The molecule has 0 saturated carbocycles. The summed E-state index contributed by atoms with van der Waals surface area (Å²) in [5.41, 5.74) is 7.42. The fourth-order valence-corrected chi connectivity index (χ4v) is 3.78. The molecule has 2 nitrogen and oxygen atoms in total. The SMILES string of the molecule is Cc1ccccc1-n1c(C)c(-c2ccccc2)[n+](C)c1-c1ccccc1. The number of nitrogens with zero attached hydrogens (tertiary/aromatic N) is 2. The first-order valence-electron chi connectivity index (χ1n) is 8.96. The van der Waals surface area contributed by atoms with Crippen molar-refractivity contribution in [1.82, 2.24) is 4.57 Å². The van der Waals surface area contributed by atoms with Gasteiger partial charge in [0.25, 0.3) is 5.82 Å². The van der Waals surface area contributed by atoms with Crippen molar-refractivity contribution < 1.29 is 4.57 Å². The van der Waals surface area contributed by atoms with Crippen molar-refractivity contribution in [2.24, 2.45) is 7.05 Å². The van der Waals surface area contributed by atoms with Gasteiger partial charge in [0.1, 0.15) is 5.69 Å². The van der Waals surface area contributed by atoms with Gasteiger partial charge in [-0.3, -0.25) is 0 Å². The van der Waals surface area contributed by atoms with E-state index in [0.717, 1.165) is 0 Å². The maximum Gasteiger partial charge on any atom is 0.294 e. The molecule has 0 radical (unpaired) electrons. The number of hydrogen-bond acceptors (Lipinski definition) is 0. The van der Waals surface area contributed by atoms with E-state index in [9.17, 15) is 0 Å². The van der Waals surface area contributed by atoms with Crippen LogP contribution in [0.5, 0.6) is 0 Å². The number of para-hydroxylation sites is 1. The minimum absolute atomic E-state index is 1.19. The molecular formula is C24H23N2+. The predicted molar refractivity (Wildman–Crippen MR) is 107 cm³/mol. The molecule has 0 atom stereocenters. The van der Waals surface area contributed by atoms with E-state index in [4.69, 9.17) is 0 Å². The maximum atomic E-state index is 2.38. The Morgan fingerprint density at radius 3 is 1.81 bits per heavy atom. The second-order valence-corrected chi connectivity index (χ2v) is 6.67. The lowest BCUT2D eigenvalue weighted by atomic mass is 10.1. The highest BCUT2D eigenvalue weighted by Crippen LogP contribution is 2.30. The van der Waals surface area contributed by atoms with E-state index in [1.54, 1.807) is 0 Å². The van der Waals surface area contributed by atoms with Crippen LogP contribution in [0.2, 0.25) is 0 Å². The Bertz CT molecular complexity index is 1040. The lowest BCUT2D eigenvalue weighted by Gasteiger charge is -2.06. The van der Waals surface area contributed by atoms with Crippen molar-refractivity contribution in [2.45, 2.75) is 13.8 Å². The van der Waals surface area contributed by atoms with E-state index in [2.05, 4.69) is 115 Å². The molecule has 0 saturated heterocycles. The van der Waals surface area contributed by atoms with Crippen LogP contribution in [0.3, 0.4) is 0 Å². The van der Waals surface area contributed by atoms with Crippen LogP contribution in [0.1, 0.15) is 11.3 Å². The first-order chi connectivity index (χ1) is 12.7. The minimum Gasteiger partial charge on any atom is -0.225 e. The second-order valence-electron chi connectivity index (χ2n) is 6.67. The van der Waals surface area contributed by atoms with E-state index < -0.39 is 0 Å². The van der Waals surface area contributed by atoms with Gasteiger partial charge in [0, 0.05) is 12.5 Å². The normalized spacial score (nSPS) is 10.9. The summed E-state index contributed by atoms with van der Waals surface area (Å²) in [5.74, 6) is 1.19. The molecule has 3 aromatic carbocycles. The van der Waals surface area contributed by atoms with Gasteiger partial charge in [-0.25, -0.2) is 4.57 Å². The van der Waals surface area contributed by atoms with E-state index >= 15 is 0 Å². The van der Waals surface area contributed by atoms with Crippen molar-refractivity contribution in [2.75, 3.05) is 0 Å². The molecule has 26 heavy (non-hydrogen) atoms. The molecule has 0 spiro atoms. The average molecular weight is 339 g/mol. The van der Waals surface area contributed by atoms with E-state index in [1.807, 2.05) is 0 Å². The minimum atomic E-state index is 1.19. The van der Waals surface area contributed by atoms with Gasteiger partial charge in [0.2, 0.25) is 0 Å². The first-order valence-corrected chi connectivity index (χ1v) is 8.96. The molecule has 0 fully saturated rings. The van der Waals surface area contributed by atoms with Gasteiger partial charge in [-0.15, -0.1) is 0 Å². The van der Waals surface area contributed by atoms with Crippen molar-refractivity contribution in [1.29, 1.82) is 0 Å². The molecule has 0 aliphatic carbocycles. The van der Waals surface area contributed by atoms with Gasteiger partial charge >= 0.3 is 0 Å².